The van der Waals surface area contributed by atoms with Crippen LogP contribution in [0.4, 0.5) is 4.39 Å². The van der Waals surface area contributed by atoms with E-state index in [9.17, 15) is 4.39 Å². The molecule has 6 nitrogen and oxygen atoms in total. The molecule has 0 radical (unpaired) electrons. The molecule has 24 heavy (non-hydrogen) atoms. The lowest BCUT2D eigenvalue weighted by Crippen LogP contribution is -2.46. The van der Waals surface area contributed by atoms with Gasteiger partial charge in [0.2, 0.25) is 5.95 Å². The minimum absolute atomic E-state index is 0.120. The van der Waals surface area contributed by atoms with Gasteiger partial charge in [0.1, 0.15) is 0 Å². The van der Waals surface area contributed by atoms with Gasteiger partial charge in [-0.1, -0.05) is 0 Å². The molecule has 0 bridgehead atoms. The summed E-state index contributed by atoms with van der Waals surface area (Å²) in [6, 6.07) is 4.31. The highest BCUT2D eigenvalue weighted by atomic mass is 19.1. The Bertz CT molecular complexity index is 724. The highest BCUT2D eigenvalue weighted by Gasteiger charge is 2.54. The van der Waals surface area contributed by atoms with Crippen molar-refractivity contribution in [1.82, 2.24) is 9.78 Å². The Morgan fingerprint density at radius 3 is 2.38 bits per heavy atom. The van der Waals surface area contributed by atoms with E-state index in [0.29, 0.717) is 12.8 Å². The average molecular weight is 330 g/mol. The average Bonchev–Trinajstić information content (AvgIpc) is 2.92. The van der Waals surface area contributed by atoms with Crippen molar-refractivity contribution in [3.8, 4) is 12.1 Å². The first-order valence-corrected chi connectivity index (χ1v) is 8.02. The van der Waals surface area contributed by atoms with Crippen LogP contribution in [0, 0.1) is 34.5 Å². The van der Waals surface area contributed by atoms with Gasteiger partial charge in [-0.25, -0.2) is 0 Å². The maximum atomic E-state index is 14.4. The number of hydrogen-bond acceptors (Lipinski definition) is 5. The molecule has 1 aromatic rings. The predicted molar refractivity (Wildman–Crippen MR) is 84.4 cm³/mol. The SMILES string of the molecule is CC1(C)OB(c2cn(C3(CC#N)CC(C#N)C3)nc2F)OC1(C)C. The lowest BCUT2D eigenvalue weighted by atomic mass is 9.67. The van der Waals surface area contributed by atoms with Crippen molar-refractivity contribution in [2.75, 3.05) is 0 Å². The third-order valence-electron chi connectivity index (χ3n) is 5.53. The molecule has 1 saturated carbocycles. The lowest BCUT2D eigenvalue weighted by molar-refractivity contribution is 0.00578. The highest BCUT2D eigenvalue weighted by molar-refractivity contribution is 6.62. The summed E-state index contributed by atoms with van der Waals surface area (Å²) in [7, 11) is -0.838. The molecule has 1 aliphatic carbocycles. The van der Waals surface area contributed by atoms with Crippen LogP contribution >= 0.6 is 0 Å². The molecule has 1 aliphatic heterocycles. The standard InChI is InChI=1S/C16H20BFN4O2/c1-14(2)15(3,4)24-17(23-14)12-10-22(21-13(12)18)16(5-6-19)7-11(8-16)9-20/h10-11H,5,7-8H2,1-4H3. The fourth-order valence-corrected chi connectivity index (χ4v) is 3.25. The fourth-order valence-electron chi connectivity index (χ4n) is 3.25. The number of nitriles is 2. The molecule has 1 aromatic heterocycles. The second-order valence-electron chi connectivity index (χ2n) is 7.70. The second-order valence-corrected chi connectivity index (χ2v) is 7.70. The summed E-state index contributed by atoms with van der Waals surface area (Å²) in [6.45, 7) is 7.60. The van der Waals surface area contributed by atoms with Crippen molar-refractivity contribution >= 4 is 12.6 Å². The maximum Gasteiger partial charge on any atom is 0.501 e. The first kappa shape index (κ1) is 16.9. The van der Waals surface area contributed by atoms with Crippen molar-refractivity contribution in [2.45, 2.75) is 63.7 Å². The van der Waals surface area contributed by atoms with E-state index >= 15 is 0 Å². The van der Waals surface area contributed by atoms with Crippen LogP contribution < -0.4 is 5.46 Å². The van der Waals surface area contributed by atoms with Gasteiger partial charge in [0, 0.05) is 6.20 Å². The van der Waals surface area contributed by atoms with E-state index in [1.165, 1.54) is 4.68 Å². The van der Waals surface area contributed by atoms with Crippen LogP contribution in [0.3, 0.4) is 0 Å². The Hall–Kier alpha value is -1.90. The first-order chi connectivity index (χ1) is 11.1. The second kappa shape index (κ2) is 5.30. The van der Waals surface area contributed by atoms with E-state index in [2.05, 4.69) is 17.2 Å². The van der Waals surface area contributed by atoms with Crippen LogP contribution in [0.1, 0.15) is 47.0 Å². The Morgan fingerprint density at radius 2 is 1.88 bits per heavy atom. The number of rotatable bonds is 3. The molecule has 0 unspecified atom stereocenters. The minimum Gasteiger partial charge on any atom is -0.399 e. The number of aromatic nitrogens is 2. The van der Waals surface area contributed by atoms with E-state index in [1.54, 1.807) is 6.20 Å². The molecule has 0 aromatic carbocycles. The van der Waals surface area contributed by atoms with Crippen molar-refractivity contribution in [3.63, 3.8) is 0 Å². The molecule has 0 N–H and O–H groups in total. The Labute approximate surface area is 141 Å². The normalized spacial score (nSPS) is 30.5. The summed E-state index contributed by atoms with van der Waals surface area (Å²) >= 11 is 0. The van der Waals surface area contributed by atoms with Gasteiger partial charge in [0.15, 0.2) is 0 Å². The highest BCUT2D eigenvalue weighted by Crippen LogP contribution is 2.45. The number of halogens is 1. The molecule has 1 saturated heterocycles. The van der Waals surface area contributed by atoms with Gasteiger partial charge in [-0.15, -0.1) is 5.10 Å². The van der Waals surface area contributed by atoms with E-state index in [-0.39, 0.29) is 17.8 Å². The van der Waals surface area contributed by atoms with Crippen LogP contribution in [0.15, 0.2) is 6.20 Å². The smallest absolute Gasteiger partial charge is 0.399 e. The molecular formula is C16H20BFN4O2. The molecule has 2 aliphatic rings. The van der Waals surface area contributed by atoms with Gasteiger partial charge in [0.25, 0.3) is 0 Å². The van der Waals surface area contributed by atoms with Gasteiger partial charge in [0.05, 0.1) is 46.7 Å². The molecule has 3 rings (SSSR count). The summed E-state index contributed by atoms with van der Waals surface area (Å²) < 4.78 is 27.7. The topological polar surface area (TPSA) is 83.9 Å². The third kappa shape index (κ3) is 2.42. The van der Waals surface area contributed by atoms with Crippen molar-refractivity contribution in [2.24, 2.45) is 5.92 Å². The van der Waals surface area contributed by atoms with Crippen LogP contribution in [0.5, 0.6) is 0 Å². The maximum absolute atomic E-state index is 14.4. The van der Waals surface area contributed by atoms with E-state index in [1.807, 2.05) is 27.7 Å². The third-order valence-corrected chi connectivity index (χ3v) is 5.53. The monoisotopic (exact) mass is 330 g/mol. The summed E-state index contributed by atoms with van der Waals surface area (Å²) in [6.07, 6.45) is 2.75. The van der Waals surface area contributed by atoms with Gasteiger partial charge >= 0.3 is 7.12 Å². The van der Waals surface area contributed by atoms with Crippen LogP contribution in [0.2, 0.25) is 0 Å². The van der Waals surface area contributed by atoms with Crippen LogP contribution in [-0.2, 0) is 14.8 Å². The predicted octanol–water partition coefficient (Wildman–Crippen LogP) is 1.86. The fraction of sp³-hybridized carbons (Fsp3) is 0.688. The van der Waals surface area contributed by atoms with Gasteiger partial charge in [-0.05, 0) is 40.5 Å². The minimum atomic E-state index is -0.838. The molecule has 0 atom stereocenters. The zero-order valence-electron chi connectivity index (χ0n) is 14.3. The van der Waals surface area contributed by atoms with E-state index in [0.717, 1.165) is 0 Å². The summed E-state index contributed by atoms with van der Waals surface area (Å²) in [5, 5.41) is 22.1. The van der Waals surface area contributed by atoms with E-state index < -0.39 is 29.8 Å². The van der Waals surface area contributed by atoms with Gasteiger partial charge in [-0.3, -0.25) is 4.68 Å². The van der Waals surface area contributed by atoms with Crippen molar-refractivity contribution < 1.29 is 13.7 Å². The largest absolute Gasteiger partial charge is 0.501 e. The van der Waals surface area contributed by atoms with Gasteiger partial charge in [-0.2, -0.15) is 14.9 Å². The van der Waals surface area contributed by atoms with Crippen LogP contribution in [0.25, 0.3) is 0 Å². The number of nitrogens with zero attached hydrogens (tertiary/aromatic N) is 4. The van der Waals surface area contributed by atoms with Crippen molar-refractivity contribution in [1.29, 1.82) is 10.5 Å². The Balaban J connectivity index is 1.89. The quantitative estimate of drug-likeness (QED) is 0.790. The summed E-state index contributed by atoms with van der Waals surface area (Å²) in [5.41, 5.74) is -1.53. The number of hydrogen-bond donors (Lipinski definition) is 0. The lowest BCUT2D eigenvalue weighted by Gasteiger charge is -2.43. The molecule has 2 heterocycles. The molecule has 8 heteroatoms. The molecular weight excluding hydrogens is 310 g/mol. The molecule has 126 valence electrons. The summed E-state index contributed by atoms with van der Waals surface area (Å²) in [4.78, 5) is 0. The Morgan fingerprint density at radius 1 is 1.29 bits per heavy atom. The van der Waals surface area contributed by atoms with E-state index in [4.69, 9.17) is 19.8 Å². The zero-order valence-corrected chi connectivity index (χ0v) is 14.3. The van der Waals surface area contributed by atoms with Gasteiger partial charge < -0.3 is 9.31 Å². The van der Waals surface area contributed by atoms with Crippen molar-refractivity contribution in [3.05, 3.63) is 12.1 Å². The molecule has 2 fully saturated rings. The van der Waals surface area contributed by atoms with Crippen LogP contribution in [-0.4, -0.2) is 28.1 Å². The molecule has 0 amide bonds. The Kier molecular flexibility index (Phi) is 3.74. The molecule has 0 spiro atoms. The first-order valence-electron chi connectivity index (χ1n) is 8.02. The zero-order chi connectivity index (χ0) is 17.8. The summed E-state index contributed by atoms with van der Waals surface area (Å²) in [5.74, 6) is -0.780.